The third kappa shape index (κ3) is 3.55. The maximum atomic E-state index is 13.3. The largest absolute Gasteiger partial charge is 0.465 e. The number of halogens is 1. The molecular formula is C15H21FN2O2. The molecule has 0 spiro atoms. The Balaban J connectivity index is 2.08. The van der Waals surface area contributed by atoms with Gasteiger partial charge < -0.3 is 10.1 Å². The van der Waals surface area contributed by atoms with Gasteiger partial charge in [0.1, 0.15) is 11.9 Å². The highest BCUT2D eigenvalue weighted by Gasteiger charge is 2.29. The van der Waals surface area contributed by atoms with E-state index >= 15 is 0 Å². The van der Waals surface area contributed by atoms with E-state index in [4.69, 9.17) is 4.74 Å². The minimum Gasteiger partial charge on any atom is -0.465 e. The van der Waals surface area contributed by atoms with Gasteiger partial charge in [0.05, 0.1) is 6.61 Å². The Kier molecular flexibility index (Phi) is 5.09. The summed E-state index contributed by atoms with van der Waals surface area (Å²) in [5, 5.41) is 3.21. The molecule has 110 valence electrons. The third-order valence-corrected chi connectivity index (χ3v) is 3.52. The normalized spacial score (nSPS) is 19.9. The molecule has 1 heterocycles. The minimum absolute atomic E-state index is 0.196. The van der Waals surface area contributed by atoms with Gasteiger partial charge in [0, 0.05) is 26.2 Å². The van der Waals surface area contributed by atoms with Crippen LogP contribution in [0.1, 0.15) is 18.1 Å². The van der Waals surface area contributed by atoms with Gasteiger partial charge in [-0.2, -0.15) is 0 Å². The summed E-state index contributed by atoms with van der Waals surface area (Å²) in [6, 6.07) is 4.81. The number of carbonyl (C=O) groups excluding carboxylic acids is 1. The molecule has 0 aromatic heterocycles. The van der Waals surface area contributed by atoms with Crippen molar-refractivity contribution in [2.24, 2.45) is 0 Å². The number of nitrogens with one attached hydrogen (secondary N) is 1. The number of hydrogen-bond donors (Lipinski definition) is 1. The van der Waals surface area contributed by atoms with Crippen molar-refractivity contribution < 1.29 is 13.9 Å². The van der Waals surface area contributed by atoms with Crippen LogP contribution in [0.2, 0.25) is 0 Å². The number of hydrogen-bond acceptors (Lipinski definition) is 4. The van der Waals surface area contributed by atoms with Gasteiger partial charge in [0.15, 0.2) is 0 Å². The molecule has 1 atom stereocenters. The molecule has 0 radical (unpaired) electrons. The van der Waals surface area contributed by atoms with Crippen molar-refractivity contribution in [3.63, 3.8) is 0 Å². The van der Waals surface area contributed by atoms with Crippen LogP contribution in [0.15, 0.2) is 18.2 Å². The van der Waals surface area contributed by atoms with Crippen LogP contribution in [0.25, 0.3) is 0 Å². The van der Waals surface area contributed by atoms with E-state index in [1.807, 2.05) is 13.0 Å². The van der Waals surface area contributed by atoms with E-state index in [0.29, 0.717) is 25.3 Å². The van der Waals surface area contributed by atoms with Crippen LogP contribution in [-0.2, 0) is 16.1 Å². The van der Waals surface area contributed by atoms with Gasteiger partial charge in [-0.1, -0.05) is 12.1 Å². The maximum absolute atomic E-state index is 13.3. The summed E-state index contributed by atoms with van der Waals surface area (Å²) < 4.78 is 18.4. The number of piperazine rings is 1. The Labute approximate surface area is 118 Å². The summed E-state index contributed by atoms with van der Waals surface area (Å²) in [7, 11) is 0. The quantitative estimate of drug-likeness (QED) is 0.848. The zero-order valence-corrected chi connectivity index (χ0v) is 12.0. The van der Waals surface area contributed by atoms with Gasteiger partial charge in [-0.25, -0.2) is 4.39 Å². The molecule has 1 fully saturated rings. The number of carbonyl (C=O) groups is 1. The Morgan fingerprint density at radius 1 is 1.55 bits per heavy atom. The molecular weight excluding hydrogens is 259 g/mol. The number of ether oxygens (including phenoxy) is 1. The molecule has 5 heteroatoms. The average molecular weight is 280 g/mol. The van der Waals surface area contributed by atoms with Crippen molar-refractivity contribution in [1.29, 1.82) is 0 Å². The molecule has 0 bridgehead atoms. The first-order valence-electron chi connectivity index (χ1n) is 6.98. The molecule has 1 unspecified atom stereocenters. The molecule has 4 nitrogen and oxygen atoms in total. The summed E-state index contributed by atoms with van der Waals surface area (Å²) in [6.07, 6.45) is 0. The lowest BCUT2D eigenvalue weighted by Gasteiger charge is -2.34. The number of rotatable bonds is 4. The molecule has 0 saturated carbocycles. The highest BCUT2D eigenvalue weighted by molar-refractivity contribution is 5.76. The lowest BCUT2D eigenvalue weighted by Crippen LogP contribution is -2.54. The van der Waals surface area contributed by atoms with E-state index < -0.39 is 0 Å². The van der Waals surface area contributed by atoms with Crippen molar-refractivity contribution >= 4 is 5.97 Å². The van der Waals surface area contributed by atoms with Crippen molar-refractivity contribution in [2.75, 3.05) is 26.2 Å². The van der Waals surface area contributed by atoms with E-state index in [9.17, 15) is 9.18 Å². The summed E-state index contributed by atoms with van der Waals surface area (Å²) in [6.45, 7) is 6.79. The first kappa shape index (κ1) is 14.9. The second kappa shape index (κ2) is 6.81. The van der Waals surface area contributed by atoms with Gasteiger partial charge in [-0.15, -0.1) is 0 Å². The average Bonchev–Trinajstić information content (AvgIpc) is 2.44. The second-order valence-corrected chi connectivity index (χ2v) is 5.03. The first-order chi connectivity index (χ1) is 9.61. The Morgan fingerprint density at radius 3 is 3.05 bits per heavy atom. The molecule has 1 aromatic rings. The summed E-state index contributed by atoms with van der Waals surface area (Å²) in [4.78, 5) is 14.0. The van der Waals surface area contributed by atoms with Crippen molar-refractivity contribution in [2.45, 2.75) is 26.4 Å². The number of esters is 1. The maximum Gasteiger partial charge on any atom is 0.324 e. The van der Waals surface area contributed by atoms with Crippen LogP contribution in [0.3, 0.4) is 0 Å². The zero-order chi connectivity index (χ0) is 14.5. The predicted molar refractivity (Wildman–Crippen MR) is 74.8 cm³/mol. The van der Waals surface area contributed by atoms with Crippen LogP contribution in [-0.4, -0.2) is 43.2 Å². The predicted octanol–water partition coefficient (Wildman–Crippen LogP) is 1.47. The number of benzene rings is 1. The van der Waals surface area contributed by atoms with Gasteiger partial charge in [-0.05, 0) is 31.0 Å². The minimum atomic E-state index is -0.269. The third-order valence-electron chi connectivity index (χ3n) is 3.52. The Hall–Kier alpha value is -1.46. The second-order valence-electron chi connectivity index (χ2n) is 5.03. The zero-order valence-electron chi connectivity index (χ0n) is 12.0. The van der Waals surface area contributed by atoms with E-state index in [1.165, 1.54) is 6.07 Å². The fourth-order valence-corrected chi connectivity index (χ4v) is 2.45. The van der Waals surface area contributed by atoms with E-state index in [0.717, 1.165) is 18.7 Å². The highest BCUT2D eigenvalue weighted by atomic mass is 19.1. The van der Waals surface area contributed by atoms with Gasteiger partial charge in [-0.3, -0.25) is 9.69 Å². The Morgan fingerprint density at radius 2 is 2.35 bits per heavy atom. The van der Waals surface area contributed by atoms with Crippen LogP contribution in [0, 0.1) is 12.7 Å². The molecule has 0 aliphatic carbocycles. The van der Waals surface area contributed by atoms with E-state index in [2.05, 4.69) is 10.2 Å². The fourth-order valence-electron chi connectivity index (χ4n) is 2.45. The van der Waals surface area contributed by atoms with Crippen LogP contribution < -0.4 is 5.32 Å². The van der Waals surface area contributed by atoms with Gasteiger partial charge >= 0.3 is 5.97 Å². The lowest BCUT2D eigenvalue weighted by atomic mass is 10.1. The van der Waals surface area contributed by atoms with Crippen LogP contribution in [0.4, 0.5) is 4.39 Å². The highest BCUT2D eigenvalue weighted by Crippen LogP contribution is 2.15. The van der Waals surface area contributed by atoms with Crippen LogP contribution in [0.5, 0.6) is 0 Å². The summed E-state index contributed by atoms with van der Waals surface area (Å²) in [5.41, 5.74) is 1.64. The van der Waals surface area contributed by atoms with E-state index in [-0.39, 0.29) is 17.8 Å². The summed E-state index contributed by atoms with van der Waals surface area (Å²) >= 11 is 0. The SMILES string of the molecule is CCOC(=O)C1CNCCN1Cc1ccc(F)c(C)c1. The smallest absolute Gasteiger partial charge is 0.324 e. The van der Waals surface area contributed by atoms with Crippen molar-refractivity contribution in [3.05, 3.63) is 35.1 Å². The molecule has 20 heavy (non-hydrogen) atoms. The molecule has 1 saturated heterocycles. The first-order valence-corrected chi connectivity index (χ1v) is 6.98. The number of nitrogens with zero attached hydrogens (tertiary/aromatic N) is 1. The van der Waals surface area contributed by atoms with E-state index in [1.54, 1.807) is 13.0 Å². The monoisotopic (exact) mass is 280 g/mol. The fraction of sp³-hybridized carbons (Fsp3) is 0.533. The molecule has 0 amide bonds. The van der Waals surface area contributed by atoms with Crippen LogP contribution >= 0.6 is 0 Å². The van der Waals surface area contributed by atoms with Gasteiger partial charge in [0.25, 0.3) is 0 Å². The summed E-state index contributed by atoms with van der Waals surface area (Å²) in [5.74, 6) is -0.394. The lowest BCUT2D eigenvalue weighted by molar-refractivity contribution is -0.150. The van der Waals surface area contributed by atoms with Gasteiger partial charge in [0.2, 0.25) is 0 Å². The molecule has 2 rings (SSSR count). The molecule has 1 aliphatic rings. The topological polar surface area (TPSA) is 41.6 Å². The van der Waals surface area contributed by atoms with Crippen molar-refractivity contribution in [3.8, 4) is 0 Å². The Bertz CT molecular complexity index is 479. The number of aryl methyl sites for hydroxylation is 1. The van der Waals surface area contributed by atoms with Crippen molar-refractivity contribution in [1.82, 2.24) is 10.2 Å². The molecule has 1 aromatic carbocycles. The standard InChI is InChI=1S/C15H21FN2O2/c1-3-20-15(19)14-9-17-6-7-18(14)10-12-4-5-13(16)11(2)8-12/h4-5,8,14,17H,3,6-7,9-10H2,1-2H3. The molecule has 1 N–H and O–H groups in total. The molecule has 1 aliphatic heterocycles.